The third-order valence-corrected chi connectivity index (χ3v) is 2.63. The van der Waals surface area contributed by atoms with Crippen LogP contribution in [0.5, 0.6) is 0 Å². The second kappa shape index (κ2) is 2.82. The average Bonchev–Trinajstić information content (AvgIpc) is 2.93. The predicted molar refractivity (Wildman–Crippen MR) is 54.2 cm³/mol. The van der Waals surface area contributed by atoms with Crippen LogP contribution in [0, 0.1) is 6.92 Å². The number of epoxide rings is 1. The third kappa shape index (κ3) is 1.21. The van der Waals surface area contributed by atoms with Crippen molar-refractivity contribution in [3.63, 3.8) is 0 Å². The molecular weight excluding hydrogens is 176 g/mol. The van der Waals surface area contributed by atoms with Gasteiger partial charge in [0, 0.05) is 0 Å². The van der Waals surface area contributed by atoms with E-state index in [-0.39, 0.29) is 0 Å². The molecule has 0 aliphatic carbocycles. The fraction of sp³-hybridized carbons (Fsp3) is 0.364. The highest BCUT2D eigenvalue weighted by Crippen LogP contribution is 2.19. The second-order valence-corrected chi connectivity index (χ2v) is 3.71. The van der Waals surface area contributed by atoms with Gasteiger partial charge in [0.1, 0.15) is 5.82 Å². The summed E-state index contributed by atoms with van der Waals surface area (Å²) in [6.45, 7) is 3.88. The highest BCUT2D eigenvalue weighted by molar-refractivity contribution is 5.75. The summed E-state index contributed by atoms with van der Waals surface area (Å²) in [4.78, 5) is 4.50. The van der Waals surface area contributed by atoms with E-state index in [1.807, 2.05) is 25.1 Å². The molecule has 0 N–H and O–H groups in total. The van der Waals surface area contributed by atoms with E-state index in [9.17, 15) is 0 Å². The molecule has 1 aliphatic heterocycles. The summed E-state index contributed by atoms with van der Waals surface area (Å²) in [5, 5.41) is 0. The molecule has 1 aromatic carbocycles. The Labute approximate surface area is 82.3 Å². The van der Waals surface area contributed by atoms with E-state index in [1.165, 1.54) is 5.52 Å². The lowest BCUT2D eigenvalue weighted by Gasteiger charge is -2.02. The van der Waals surface area contributed by atoms with Crippen molar-refractivity contribution in [2.75, 3.05) is 6.61 Å². The van der Waals surface area contributed by atoms with E-state index in [1.54, 1.807) is 0 Å². The number of para-hydroxylation sites is 2. The Morgan fingerprint density at radius 1 is 1.50 bits per heavy atom. The largest absolute Gasteiger partial charge is 0.371 e. The molecule has 1 aliphatic rings. The molecule has 14 heavy (non-hydrogen) atoms. The summed E-state index contributed by atoms with van der Waals surface area (Å²) >= 11 is 0. The Morgan fingerprint density at radius 2 is 2.29 bits per heavy atom. The minimum Gasteiger partial charge on any atom is -0.371 e. The molecule has 0 radical (unpaired) electrons. The molecule has 2 aromatic rings. The number of fused-ring (bicyclic) bond motifs is 1. The van der Waals surface area contributed by atoms with Crippen molar-refractivity contribution in [1.29, 1.82) is 0 Å². The lowest BCUT2D eigenvalue weighted by Crippen LogP contribution is -2.05. The number of benzene rings is 1. The van der Waals surface area contributed by atoms with Crippen molar-refractivity contribution < 1.29 is 4.74 Å². The summed E-state index contributed by atoms with van der Waals surface area (Å²) in [6.07, 6.45) is 0.409. The van der Waals surface area contributed by atoms with Crippen molar-refractivity contribution in [2.24, 2.45) is 0 Å². The zero-order valence-corrected chi connectivity index (χ0v) is 8.10. The molecule has 0 saturated carbocycles. The number of ether oxygens (including phenoxy) is 1. The Kier molecular flexibility index (Phi) is 1.61. The topological polar surface area (TPSA) is 30.4 Å². The lowest BCUT2D eigenvalue weighted by molar-refractivity contribution is 0.383. The summed E-state index contributed by atoms with van der Waals surface area (Å²) in [7, 11) is 0. The molecule has 0 bridgehead atoms. The fourth-order valence-corrected chi connectivity index (χ4v) is 1.80. The van der Waals surface area contributed by atoms with Gasteiger partial charge in [-0.05, 0) is 19.1 Å². The molecule has 1 unspecified atom stereocenters. The number of aryl methyl sites for hydroxylation is 1. The molecule has 2 heterocycles. The number of imidazole rings is 1. The van der Waals surface area contributed by atoms with E-state index >= 15 is 0 Å². The Hall–Kier alpha value is -1.35. The van der Waals surface area contributed by atoms with Gasteiger partial charge in [-0.1, -0.05) is 12.1 Å². The lowest BCUT2D eigenvalue weighted by atomic mass is 10.3. The molecule has 3 nitrogen and oxygen atoms in total. The van der Waals surface area contributed by atoms with E-state index in [0.717, 1.165) is 24.5 Å². The Morgan fingerprint density at radius 3 is 3.07 bits per heavy atom. The number of hydrogen-bond acceptors (Lipinski definition) is 2. The van der Waals surface area contributed by atoms with Crippen molar-refractivity contribution >= 4 is 11.0 Å². The molecule has 1 saturated heterocycles. The van der Waals surface area contributed by atoms with Gasteiger partial charge in [-0.25, -0.2) is 4.98 Å². The van der Waals surface area contributed by atoms with Gasteiger partial charge >= 0.3 is 0 Å². The second-order valence-electron chi connectivity index (χ2n) is 3.71. The van der Waals surface area contributed by atoms with E-state index in [0.29, 0.717) is 6.10 Å². The SMILES string of the molecule is Cc1nc2ccccc2n1CC1CO1. The van der Waals surface area contributed by atoms with Crippen LogP contribution in [-0.2, 0) is 11.3 Å². The van der Waals surface area contributed by atoms with Gasteiger partial charge in [0.05, 0.1) is 30.3 Å². The Bertz CT molecular complexity index is 471. The van der Waals surface area contributed by atoms with Gasteiger partial charge in [-0.3, -0.25) is 0 Å². The summed E-state index contributed by atoms with van der Waals surface area (Å²) < 4.78 is 7.47. The highest BCUT2D eigenvalue weighted by Gasteiger charge is 2.24. The van der Waals surface area contributed by atoms with Gasteiger partial charge in [-0.2, -0.15) is 0 Å². The maximum Gasteiger partial charge on any atom is 0.106 e. The number of aromatic nitrogens is 2. The van der Waals surface area contributed by atoms with Crippen LogP contribution < -0.4 is 0 Å². The maximum atomic E-state index is 5.24. The van der Waals surface area contributed by atoms with Gasteiger partial charge in [0.2, 0.25) is 0 Å². The molecule has 1 aromatic heterocycles. The molecule has 3 rings (SSSR count). The fourth-order valence-electron chi connectivity index (χ4n) is 1.80. The van der Waals surface area contributed by atoms with Crippen LogP contribution in [0.15, 0.2) is 24.3 Å². The van der Waals surface area contributed by atoms with E-state index in [4.69, 9.17) is 4.74 Å². The normalized spacial score (nSPS) is 20.2. The maximum absolute atomic E-state index is 5.24. The minimum absolute atomic E-state index is 0.409. The summed E-state index contributed by atoms with van der Waals surface area (Å²) in [5.41, 5.74) is 2.28. The number of nitrogens with zero attached hydrogens (tertiary/aromatic N) is 2. The first kappa shape index (κ1) is 8.00. The molecule has 1 atom stereocenters. The molecule has 0 spiro atoms. The van der Waals surface area contributed by atoms with Crippen molar-refractivity contribution in [3.8, 4) is 0 Å². The Balaban J connectivity index is 2.13. The predicted octanol–water partition coefficient (Wildman–Crippen LogP) is 1.74. The van der Waals surface area contributed by atoms with Crippen LogP contribution in [0.3, 0.4) is 0 Å². The monoisotopic (exact) mass is 188 g/mol. The van der Waals surface area contributed by atoms with Crippen molar-refractivity contribution in [2.45, 2.75) is 19.6 Å². The number of hydrogen-bond donors (Lipinski definition) is 0. The third-order valence-electron chi connectivity index (χ3n) is 2.63. The molecule has 72 valence electrons. The first-order chi connectivity index (χ1) is 6.84. The van der Waals surface area contributed by atoms with Crippen LogP contribution in [0.2, 0.25) is 0 Å². The number of rotatable bonds is 2. The van der Waals surface area contributed by atoms with Crippen LogP contribution in [0.4, 0.5) is 0 Å². The van der Waals surface area contributed by atoms with Gasteiger partial charge in [-0.15, -0.1) is 0 Å². The summed E-state index contributed by atoms with van der Waals surface area (Å²) in [5.74, 6) is 1.07. The van der Waals surface area contributed by atoms with E-state index < -0.39 is 0 Å². The first-order valence-electron chi connectivity index (χ1n) is 4.88. The molecule has 0 amide bonds. The standard InChI is InChI=1S/C11H12N2O/c1-8-12-10-4-2-3-5-11(10)13(8)6-9-7-14-9/h2-5,9H,6-7H2,1H3. The molecular formula is C11H12N2O. The van der Waals surface area contributed by atoms with Crippen LogP contribution >= 0.6 is 0 Å². The van der Waals surface area contributed by atoms with Gasteiger partial charge in [0.15, 0.2) is 0 Å². The first-order valence-corrected chi connectivity index (χ1v) is 4.88. The highest BCUT2D eigenvalue weighted by atomic mass is 16.6. The zero-order valence-electron chi connectivity index (χ0n) is 8.10. The quantitative estimate of drug-likeness (QED) is 0.672. The van der Waals surface area contributed by atoms with Crippen LogP contribution in [-0.4, -0.2) is 22.3 Å². The zero-order chi connectivity index (χ0) is 9.54. The van der Waals surface area contributed by atoms with Crippen molar-refractivity contribution in [1.82, 2.24) is 9.55 Å². The van der Waals surface area contributed by atoms with Crippen molar-refractivity contribution in [3.05, 3.63) is 30.1 Å². The van der Waals surface area contributed by atoms with Gasteiger partial charge in [0.25, 0.3) is 0 Å². The summed E-state index contributed by atoms with van der Waals surface area (Å²) in [6, 6.07) is 8.23. The van der Waals surface area contributed by atoms with E-state index in [2.05, 4.69) is 15.6 Å². The van der Waals surface area contributed by atoms with Crippen LogP contribution in [0.25, 0.3) is 11.0 Å². The molecule has 1 fully saturated rings. The minimum atomic E-state index is 0.409. The van der Waals surface area contributed by atoms with Crippen LogP contribution in [0.1, 0.15) is 5.82 Å². The molecule has 3 heteroatoms. The average molecular weight is 188 g/mol. The smallest absolute Gasteiger partial charge is 0.106 e. The van der Waals surface area contributed by atoms with Gasteiger partial charge < -0.3 is 9.30 Å².